The van der Waals surface area contributed by atoms with Crippen LogP contribution in [-0.4, -0.2) is 11.9 Å². The van der Waals surface area contributed by atoms with Crippen molar-refractivity contribution in [1.82, 2.24) is 5.32 Å². The van der Waals surface area contributed by atoms with E-state index in [0.717, 1.165) is 5.88 Å². The van der Waals surface area contributed by atoms with Crippen molar-refractivity contribution in [3.8, 4) is 0 Å². The lowest BCUT2D eigenvalue weighted by Crippen LogP contribution is -2.23. The van der Waals surface area contributed by atoms with Crippen LogP contribution < -0.4 is 5.32 Å². The molecule has 0 amide bonds. The van der Waals surface area contributed by atoms with E-state index in [-0.39, 0.29) is 24.0 Å². The molecule has 0 rings (SSSR count). The van der Waals surface area contributed by atoms with Crippen molar-refractivity contribution in [2.24, 2.45) is 0 Å². The lowest BCUT2D eigenvalue weighted by Gasteiger charge is -2.05. The quantitative estimate of drug-likeness (QED) is 0.459. The minimum absolute atomic E-state index is 0. The second kappa shape index (κ2) is 16.6. The highest BCUT2D eigenvalue weighted by Gasteiger charge is 1.90. The summed E-state index contributed by atoms with van der Waals surface area (Å²) in [5.74, 6) is 0.787. The van der Waals surface area contributed by atoms with Gasteiger partial charge in [-0.1, -0.05) is 20.8 Å². The lowest BCUT2D eigenvalue weighted by atomic mass is 10.3. The fourth-order valence-corrected chi connectivity index (χ4v) is 0.612. The maximum absolute atomic E-state index is 4.00. The van der Waals surface area contributed by atoms with E-state index in [2.05, 4.69) is 31.8 Å². The van der Waals surface area contributed by atoms with E-state index in [1.165, 1.54) is 6.42 Å². The summed E-state index contributed by atoms with van der Waals surface area (Å²) < 4.78 is 0. The van der Waals surface area contributed by atoms with Crippen molar-refractivity contribution in [1.29, 1.82) is 0 Å². The molecule has 0 aromatic rings. The van der Waals surface area contributed by atoms with Crippen LogP contribution in [0.3, 0.4) is 0 Å². The van der Waals surface area contributed by atoms with Gasteiger partial charge in [0.05, 0.1) is 0 Å². The first kappa shape index (κ1) is 17.2. The Labute approximate surface area is 87.8 Å². The van der Waals surface area contributed by atoms with Gasteiger partial charge in [0, 0.05) is 11.9 Å². The van der Waals surface area contributed by atoms with Crippen LogP contribution in [0.15, 0.2) is 0 Å². The third-order valence-electron chi connectivity index (χ3n) is 1.05. The number of thiol groups is 1. The largest absolute Gasteiger partial charge is 0.306 e. The highest BCUT2D eigenvalue weighted by atomic mass is 127. The molecule has 1 unspecified atom stereocenters. The van der Waals surface area contributed by atoms with Crippen LogP contribution >= 0.6 is 36.6 Å². The predicted octanol–water partition coefficient (Wildman–Crippen LogP) is 2.91. The zero-order chi connectivity index (χ0) is 7.70. The van der Waals surface area contributed by atoms with Gasteiger partial charge in [-0.3, -0.25) is 0 Å². The molecule has 1 nitrogen and oxygen atoms in total. The molecule has 1 N–H and O–H groups in total. The van der Waals surface area contributed by atoms with E-state index in [1.54, 1.807) is 0 Å². The first-order chi connectivity index (χ1) is 4.31. The molecule has 0 spiro atoms. The van der Waals surface area contributed by atoms with E-state index >= 15 is 0 Å². The van der Waals surface area contributed by atoms with Gasteiger partial charge in [0.1, 0.15) is 0 Å². The number of halogens is 1. The van der Waals surface area contributed by atoms with E-state index < -0.39 is 0 Å². The normalized spacial score (nSPS) is 10.5. The van der Waals surface area contributed by atoms with Gasteiger partial charge in [0.25, 0.3) is 0 Å². The monoisotopic (exact) mass is 277 g/mol. The van der Waals surface area contributed by atoms with E-state index in [4.69, 9.17) is 0 Å². The minimum Gasteiger partial charge on any atom is -0.306 e. The van der Waals surface area contributed by atoms with Crippen LogP contribution in [0.5, 0.6) is 0 Å². The molecule has 0 aromatic heterocycles. The summed E-state index contributed by atoms with van der Waals surface area (Å²) in [5.41, 5.74) is 0. The van der Waals surface area contributed by atoms with E-state index in [9.17, 15) is 0 Å². The Morgan fingerprint density at radius 1 is 1.40 bits per heavy atom. The molecule has 0 aliphatic heterocycles. The lowest BCUT2D eigenvalue weighted by molar-refractivity contribution is 0.584. The highest BCUT2D eigenvalue weighted by molar-refractivity contribution is 14.0. The molecule has 0 fully saturated rings. The summed E-state index contributed by atoms with van der Waals surface area (Å²) in [6.45, 7) is 8.30. The Balaban J connectivity index is -0.000000149. The minimum atomic E-state index is 0. The van der Waals surface area contributed by atoms with Crippen molar-refractivity contribution in [2.45, 2.75) is 40.2 Å². The van der Waals surface area contributed by atoms with Gasteiger partial charge in [-0.25, -0.2) is 0 Å². The van der Waals surface area contributed by atoms with Crippen molar-refractivity contribution in [3.63, 3.8) is 0 Å². The molecule has 0 saturated carbocycles. The molecule has 1 atom stereocenters. The Bertz CT molecular complexity index is 44.6. The molecule has 10 heavy (non-hydrogen) atoms. The van der Waals surface area contributed by atoms with Crippen molar-refractivity contribution in [2.75, 3.05) is 5.88 Å². The summed E-state index contributed by atoms with van der Waals surface area (Å²) in [5, 5.41) is 3.16. The average Bonchev–Trinajstić information content (AvgIpc) is 1.93. The summed E-state index contributed by atoms with van der Waals surface area (Å²) in [7, 11) is 0. The van der Waals surface area contributed by atoms with Crippen LogP contribution in [0.25, 0.3) is 0 Å². The molecular formula is C7H20INS. The van der Waals surface area contributed by atoms with Crippen molar-refractivity contribution < 1.29 is 0 Å². The molecule has 0 heterocycles. The first-order valence-electron chi connectivity index (χ1n) is 3.65. The van der Waals surface area contributed by atoms with Gasteiger partial charge in [-0.15, -0.1) is 24.0 Å². The molecular weight excluding hydrogens is 257 g/mol. The van der Waals surface area contributed by atoms with Crippen LogP contribution in [0, 0.1) is 0 Å². The molecule has 0 radical (unpaired) electrons. The smallest absolute Gasteiger partial charge is 0.0389 e. The van der Waals surface area contributed by atoms with Crippen LogP contribution in [0.4, 0.5) is 0 Å². The second-order valence-corrected chi connectivity index (χ2v) is 1.99. The van der Waals surface area contributed by atoms with Crippen molar-refractivity contribution in [3.05, 3.63) is 0 Å². The Morgan fingerprint density at radius 3 is 1.90 bits per heavy atom. The zero-order valence-electron chi connectivity index (χ0n) is 7.35. The zero-order valence-corrected chi connectivity index (χ0v) is 10.6. The third-order valence-corrected chi connectivity index (χ3v) is 1.23. The van der Waals surface area contributed by atoms with E-state index in [0.29, 0.717) is 6.04 Å². The standard InChI is InChI=1S/C5H13NS.C2H6.HI/c1-3-5(2)6-4-7;1-2;/h5-7H,3-4H2,1-2H3;1-2H3;1H. The SMILES string of the molecule is CC.CCC(C)NCS.I. The van der Waals surface area contributed by atoms with Gasteiger partial charge in [0.15, 0.2) is 0 Å². The van der Waals surface area contributed by atoms with Crippen LogP contribution in [-0.2, 0) is 0 Å². The fraction of sp³-hybridized carbons (Fsp3) is 1.00. The number of rotatable bonds is 3. The number of hydrogen-bond acceptors (Lipinski definition) is 2. The summed E-state index contributed by atoms with van der Waals surface area (Å²) in [6.07, 6.45) is 1.18. The molecule has 0 aliphatic rings. The van der Waals surface area contributed by atoms with Crippen molar-refractivity contribution >= 4 is 36.6 Å². The summed E-state index contributed by atoms with van der Waals surface area (Å²) >= 11 is 4.00. The topological polar surface area (TPSA) is 12.0 Å². The Morgan fingerprint density at radius 2 is 1.80 bits per heavy atom. The fourth-order valence-electron chi connectivity index (χ4n) is 0.300. The van der Waals surface area contributed by atoms with Gasteiger partial charge in [0.2, 0.25) is 0 Å². The third kappa shape index (κ3) is 16.0. The predicted molar refractivity (Wildman–Crippen MR) is 63.5 cm³/mol. The number of hydrogen-bond donors (Lipinski definition) is 2. The molecule has 66 valence electrons. The van der Waals surface area contributed by atoms with Gasteiger partial charge < -0.3 is 5.32 Å². The molecule has 0 saturated heterocycles. The summed E-state index contributed by atoms with van der Waals surface area (Å²) in [6, 6.07) is 0.623. The van der Waals surface area contributed by atoms with Crippen LogP contribution in [0.1, 0.15) is 34.1 Å². The highest BCUT2D eigenvalue weighted by Crippen LogP contribution is 1.85. The molecule has 0 aromatic carbocycles. The van der Waals surface area contributed by atoms with Gasteiger partial charge in [-0.2, -0.15) is 12.6 Å². The molecule has 3 heteroatoms. The second-order valence-electron chi connectivity index (χ2n) is 1.67. The average molecular weight is 277 g/mol. The maximum atomic E-state index is 4.00. The molecule has 0 bridgehead atoms. The van der Waals surface area contributed by atoms with Gasteiger partial charge in [-0.05, 0) is 13.3 Å². The van der Waals surface area contributed by atoms with Crippen LogP contribution in [0.2, 0.25) is 0 Å². The number of nitrogens with one attached hydrogen (secondary N) is 1. The Hall–Kier alpha value is 1.04. The van der Waals surface area contributed by atoms with E-state index in [1.807, 2.05) is 13.8 Å². The molecule has 0 aliphatic carbocycles. The summed E-state index contributed by atoms with van der Waals surface area (Å²) in [4.78, 5) is 0. The Kier molecular flexibility index (Phi) is 28.5. The van der Waals surface area contributed by atoms with Gasteiger partial charge >= 0.3 is 0 Å². The maximum Gasteiger partial charge on any atom is 0.0389 e. The first-order valence-corrected chi connectivity index (χ1v) is 4.28.